The van der Waals surface area contributed by atoms with Gasteiger partial charge in [0.05, 0.1) is 10.9 Å². The van der Waals surface area contributed by atoms with Crippen LogP contribution in [0.25, 0.3) is 0 Å². The van der Waals surface area contributed by atoms with Gasteiger partial charge in [-0.15, -0.1) is 11.3 Å². The summed E-state index contributed by atoms with van der Waals surface area (Å²) >= 11 is 4.87. The molecular weight excluding hydrogens is 322 g/mol. The van der Waals surface area contributed by atoms with Gasteiger partial charge in [-0.2, -0.15) is 5.26 Å². The summed E-state index contributed by atoms with van der Waals surface area (Å²) in [7, 11) is 0. The second-order valence-corrected chi connectivity index (χ2v) is 6.09. The lowest BCUT2D eigenvalue weighted by Gasteiger charge is -2.09. The minimum atomic E-state index is -0.751. The summed E-state index contributed by atoms with van der Waals surface area (Å²) in [6.07, 6.45) is 0.907. The van der Waals surface area contributed by atoms with Gasteiger partial charge in [-0.25, -0.2) is 0 Å². The summed E-state index contributed by atoms with van der Waals surface area (Å²) in [4.78, 5) is 14.2. The van der Waals surface area contributed by atoms with E-state index in [0.29, 0.717) is 4.88 Å². The van der Waals surface area contributed by atoms with Crippen molar-refractivity contribution in [1.82, 2.24) is 0 Å². The molecule has 2 rings (SSSR count). The first kappa shape index (κ1) is 14.0. The molecule has 1 aromatic heterocycles. The van der Waals surface area contributed by atoms with Crippen molar-refractivity contribution in [3.63, 3.8) is 0 Å². The van der Waals surface area contributed by atoms with Gasteiger partial charge in [0.1, 0.15) is 5.92 Å². The Hall–Kier alpha value is -1.44. The van der Waals surface area contributed by atoms with Gasteiger partial charge in [-0.05, 0) is 30.2 Å². The summed E-state index contributed by atoms with van der Waals surface area (Å²) in [5.74, 6) is -0.877. The molecule has 1 unspecified atom stereocenters. The molecule has 4 heteroatoms. The van der Waals surface area contributed by atoms with Gasteiger partial charge in [-0.1, -0.05) is 41.1 Å². The number of ketones is 1. The van der Waals surface area contributed by atoms with E-state index in [2.05, 4.69) is 28.9 Å². The zero-order chi connectivity index (χ0) is 13.8. The first-order valence-electron chi connectivity index (χ1n) is 5.94. The van der Waals surface area contributed by atoms with Crippen molar-refractivity contribution in [3.05, 3.63) is 56.2 Å². The second-order valence-electron chi connectivity index (χ2n) is 4.07. The number of carbonyl (C=O) groups is 1. The fourth-order valence-electron chi connectivity index (χ4n) is 1.82. The van der Waals surface area contributed by atoms with Gasteiger partial charge in [0.25, 0.3) is 0 Å². The number of aryl methyl sites for hydroxylation is 1. The lowest BCUT2D eigenvalue weighted by molar-refractivity contribution is 0.0982. The molecule has 96 valence electrons. The Balaban J connectivity index is 2.35. The number of nitrogens with zero attached hydrogens (tertiary/aromatic N) is 1. The highest BCUT2D eigenvalue weighted by Crippen LogP contribution is 2.29. The highest BCUT2D eigenvalue weighted by Gasteiger charge is 2.24. The standard InChI is InChI=1S/C15H12BrNOS/c1-2-10-7-8-14(19-10)15(18)12(9-17)11-5-3-4-6-13(11)16/h3-8,12H,2H2,1H3. The van der Waals surface area contributed by atoms with E-state index in [9.17, 15) is 10.1 Å². The molecule has 0 saturated heterocycles. The summed E-state index contributed by atoms with van der Waals surface area (Å²) in [6.45, 7) is 2.05. The molecule has 2 aromatic rings. The minimum absolute atomic E-state index is 0.126. The quantitative estimate of drug-likeness (QED) is 0.769. The van der Waals surface area contributed by atoms with Crippen molar-refractivity contribution in [2.45, 2.75) is 19.3 Å². The van der Waals surface area contributed by atoms with Crippen molar-refractivity contribution in [3.8, 4) is 6.07 Å². The molecule has 0 bridgehead atoms. The van der Waals surface area contributed by atoms with Gasteiger partial charge in [0.15, 0.2) is 5.78 Å². The molecule has 2 nitrogen and oxygen atoms in total. The largest absolute Gasteiger partial charge is 0.291 e. The Morgan fingerprint density at radius 1 is 1.37 bits per heavy atom. The predicted octanol–water partition coefficient (Wildman–Crippen LogP) is 4.56. The SMILES string of the molecule is CCc1ccc(C(=O)C(C#N)c2ccccc2Br)s1. The van der Waals surface area contributed by atoms with Gasteiger partial charge < -0.3 is 0 Å². The molecular formula is C15H12BrNOS. The van der Waals surface area contributed by atoms with E-state index in [1.54, 1.807) is 0 Å². The number of Topliss-reactive ketones (excluding diaryl/α,β-unsaturated/α-hetero) is 1. The predicted molar refractivity (Wildman–Crippen MR) is 80.5 cm³/mol. The molecule has 0 N–H and O–H groups in total. The van der Waals surface area contributed by atoms with Crippen LogP contribution in [0.5, 0.6) is 0 Å². The maximum absolute atomic E-state index is 12.4. The highest BCUT2D eigenvalue weighted by atomic mass is 79.9. The van der Waals surface area contributed by atoms with Gasteiger partial charge in [-0.3, -0.25) is 4.79 Å². The van der Waals surface area contributed by atoms with Crippen LogP contribution in [0.1, 0.15) is 33.0 Å². The number of carbonyl (C=O) groups excluding carboxylic acids is 1. The molecule has 0 aliphatic carbocycles. The van der Waals surface area contributed by atoms with E-state index in [0.717, 1.165) is 21.3 Å². The molecule has 1 aromatic carbocycles. The van der Waals surface area contributed by atoms with Gasteiger partial charge >= 0.3 is 0 Å². The van der Waals surface area contributed by atoms with Crippen molar-refractivity contribution >= 4 is 33.0 Å². The van der Waals surface area contributed by atoms with Crippen LogP contribution >= 0.6 is 27.3 Å². The highest BCUT2D eigenvalue weighted by molar-refractivity contribution is 9.10. The topological polar surface area (TPSA) is 40.9 Å². The van der Waals surface area contributed by atoms with Crippen molar-refractivity contribution in [2.24, 2.45) is 0 Å². The fraction of sp³-hybridized carbons (Fsp3) is 0.200. The number of nitriles is 1. The van der Waals surface area contributed by atoms with Crippen molar-refractivity contribution in [1.29, 1.82) is 5.26 Å². The Labute approximate surface area is 124 Å². The van der Waals surface area contributed by atoms with Crippen molar-refractivity contribution < 1.29 is 4.79 Å². The monoisotopic (exact) mass is 333 g/mol. The summed E-state index contributed by atoms with van der Waals surface area (Å²) in [6, 6.07) is 13.2. The normalized spacial score (nSPS) is 11.8. The third kappa shape index (κ3) is 2.94. The third-order valence-electron chi connectivity index (χ3n) is 2.86. The van der Waals surface area contributed by atoms with Crippen LogP contribution in [0.4, 0.5) is 0 Å². The first-order valence-corrected chi connectivity index (χ1v) is 7.55. The Bertz CT molecular complexity index is 642. The van der Waals surface area contributed by atoms with E-state index >= 15 is 0 Å². The molecule has 0 saturated carbocycles. The number of hydrogen-bond donors (Lipinski definition) is 0. The molecule has 1 heterocycles. The van der Waals surface area contributed by atoms with Crippen LogP contribution < -0.4 is 0 Å². The van der Waals surface area contributed by atoms with Crippen LogP contribution in [0, 0.1) is 11.3 Å². The van der Waals surface area contributed by atoms with Gasteiger partial charge in [0, 0.05) is 9.35 Å². The molecule has 1 atom stereocenters. The summed E-state index contributed by atoms with van der Waals surface area (Å²) in [5.41, 5.74) is 0.724. The van der Waals surface area contributed by atoms with E-state index in [1.165, 1.54) is 11.3 Å². The second kappa shape index (κ2) is 6.14. The number of benzene rings is 1. The lowest BCUT2D eigenvalue weighted by Crippen LogP contribution is -2.10. The smallest absolute Gasteiger partial charge is 0.194 e. The van der Waals surface area contributed by atoms with Crippen LogP contribution in [0.15, 0.2) is 40.9 Å². The molecule has 0 radical (unpaired) electrons. The van der Waals surface area contributed by atoms with E-state index in [4.69, 9.17) is 0 Å². The minimum Gasteiger partial charge on any atom is -0.291 e. The maximum Gasteiger partial charge on any atom is 0.194 e. The Morgan fingerprint density at radius 2 is 2.11 bits per heavy atom. The van der Waals surface area contributed by atoms with Crippen molar-refractivity contribution in [2.75, 3.05) is 0 Å². The molecule has 19 heavy (non-hydrogen) atoms. The molecule has 0 amide bonds. The number of thiophene rings is 1. The fourth-order valence-corrected chi connectivity index (χ4v) is 3.25. The molecule has 0 fully saturated rings. The lowest BCUT2D eigenvalue weighted by atomic mass is 9.95. The van der Waals surface area contributed by atoms with E-state index < -0.39 is 5.92 Å². The Kier molecular flexibility index (Phi) is 4.52. The number of rotatable bonds is 4. The van der Waals surface area contributed by atoms with Crippen LogP contribution in [0.3, 0.4) is 0 Å². The molecule has 0 aliphatic rings. The zero-order valence-electron chi connectivity index (χ0n) is 10.4. The van der Waals surface area contributed by atoms with Gasteiger partial charge in [0.2, 0.25) is 0 Å². The maximum atomic E-state index is 12.4. The zero-order valence-corrected chi connectivity index (χ0v) is 12.8. The average molecular weight is 334 g/mol. The van der Waals surface area contributed by atoms with Crippen LogP contribution in [0.2, 0.25) is 0 Å². The third-order valence-corrected chi connectivity index (χ3v) is 4.83. The first-order chi connectivity index (χ1) is 9.17. The van der Waals surface area contributed by atoms with Crippen LogP contribution in [-0.2, 0) is 6.42 Å². The average Bonchev–Trinajstić information content (AvgIpc) is 2.90. The van der Waals surface area contributed by atoms with E-state index in [-0.39, 0.29) is 5.78 Å². The summed E-state index contributed by atoms with van der Waals surface area (Å²) < 4.78 is 0.794. The van der Waals surface area contributed by atoms with Crippen LogP contribution in [-0.4, -0.2) is 5.78 Å². The molecule has 0 aliphatic heterocycles. The number of halogens is 1. The summed E-state index contributed by atoms with van der Waals surface area (Å²) in [5, 5.41) is 9.31. The number of hydrogen-bond acceptors (Lipinski definition) is 3. The van der Waals surface area contributed by atoms with E-state index in [1.807, 2.05) is 36.4 Å². The molecule has 0 spiro atoms. The Morgan fingerprint density at radius 3 is 2.68 bits per heavy atom.